The fraction of sp³-hybridized carbons (Fsp3) is 0.281. The number of hydrogen-bond donors (Lipinski definition) is 2. The Morgan fingerprint density at radius 3 is 2.60 bits per heavy atom. The van der Waals surface area contributed by atoms with Crippen molar-refractivity contribution in [2.45, 2.75) is 52.4 Å². The van der Waals surface area contributed by atoms with Gasteiger partial charge in [0.15, 0.2) is 11.5 Å². The van der Waals surface area contributed by atoms with Crippen LogP contribution in [-0.2, 0) is 11.4 Å². The lowest BCUT2D eigenvalue weighted by molar-refractivity contribution is -0.113. The molecule has 5 rings (SSSR count). The number of nitrogens with zero attached hydrogens (tertiary/aromatic N) is 3. The Morgan fingerprint density at radius 1 is 1.12 bits per heavy atom. The molecule has 1 aliphatic heterocycles. The Balaban J connectivity index is 1.57. The van der Waals surface area contributed by atoms with E-state index in [0.29, 0.717) is 56.6 Å². The van der Waals surface area contributed by atoms with Gasteiger partial charge in [-0.15, -0.1) is 5.10 Å². The Morgan fingerprint density at radius 2 is 1.88 bits per heavy atom. The number of rotatable bonds is 10. The Kier molecular flexibility index (Phi) is 9.68. The average Bonchev–Trinajstić information content (AvgIpc) is 3.37. The molecule has 0 saturated heterocycles. The first kappa shape index (κ1) is 31.0. The Bertz CT molecular complexity index is 1690. The SMILES string of the molecule is CCOc1cc(C2C(C(=O)Nc3cccc(C)c3C)=C(C)Nc3nc(SCC)nn32)cc(Br)c1OCc1ccc(Cl)cc1. The predicted molar refractivity (Wildman–Crippen MR) is 177 cm³/mol. The quantitative estimate of drug-likeness (QED) is 0.163. The highest BCUT2D eigenvalue weighted by Gasteiger charge is 2.35. The van der Waals surface area contributed by atoms with Crippen molar-refractivity contribution in [3.8, 4) is 11.5 Å². The van der Waals surface area contributed by atoms with E-state index in [4.69, 9.17) is 31.2 Å². The van der Waals surface area contributed by atoms with Crippen LogP contribution in [0.4, 0.5) is 11.6 Å². The molecule has 1 atom stereocenters. The van der Waals surface area contributed by atoms with Crippen LogP contribution < -0.4 is 20.1 Å². The van der Waals surface area contributed by atoms with Crippen molar-refractivity contribution in [2.24, 2.45) is 0 Å². The van der Waals surface area contributed by atoms with Crippen molar-refractivity contribution < 1.29 is 14.3 Å². The molecule has 0 bridgehead atoms. The zero-order valence-corrected chi connectivity index (χ0v) is 27.8. The summed E-state index contributed by atoms with van der Waals surface area (Å²) in [5, 5.41) is 12.6. The van der Waals surface area contributed by atoms with Crippen LogP contribution in [0.1, 0.15) is 49.1 Å². The van der Waals surface area contributed by atoms with Crippen molar-refractivity contribution in [1.82, 2.24) is 14.8 Å². The molecule has 0 fully saturated rings. The summed E-state index contributed by atoms with van der Waals surface area (Å²) in [6.45, 7) is 10.6. The van der Waals surface area contributed by atoms with Crippen LogP contribution in [0.3, 0.4) is 0 Å². The van der Waals surface area contributed by atoms with Gasteiger partial charge in [-0.1, -0.05) is 54.6 Å². The van der Waals surface area contributed by atoms with Crippen LogP contribution in [0.2, 0.25) is 5.02 Å². The molecule has 0 saturated carbocycles. The summed E-state index contributed by atoms with van der Waals surface area (Å²) in [6.07, 6.45) is 0. The molecule has 1 unspecified atom stereocenters. The van der Waals surface area contributed by atoms with Gasteiger partial charge in [-0.3, -0.25) is 4.79 Å². The monoisotopic (exact) mass is 681 g/mol. The van der Waals surface area contributed by atoms with E-state index in [9.17, 15) is 4.79 Å². The molecular formula is C32H33BrClN5O3S. The number of carbonyl (C=O) groups excluding carboxylic acids is 1. The number of thioether (sulfide) groups is 1. The van der Waals surface area contributed by atoms with Gasteiger partial charge in [0.1, 0.15) is 12.6 Å². The van der Waals surface area contributed by atoms with E-state index >= 15 is 0 Å². The molecule has 1 amide bonds. The molecular weight excluding hydrogens is 650 g/mol. The molecule has 224 valence electrons. The number of halogens is 2. The summed E-state index contributed by atoms with van der Waals surface area (Å²) in [6, 6.07) is 16.7. The van der Waals surface area contributed by atoms with Gasteiger partial charge in [-0.25, -0.2) is 4.68 Å². The van der Waals surface area contributed by atoms with Crippen LogP contribution in [0.25, 0.3) is 0 Å². The van der Waals surface area contributed by atoms with E-state index < -0.39 is 6.04 Å². The number of nitrogens with one attached hydrogen (secondary N) is 2. The van der Waals surface area contributed by atoms with Crippen LogP contribution in [0.5, 0.6) is 11.5 Å². The van der Waals surface area contributed by atoms with Crippen molar-refractivity contribution in [3.63, 3.8) is 0 Å². The minimum absolute atomic E-state index is 0.230. The molecule has 8 nitrogen and oxygen atoms in total. The van der Waals surface area contributed by atoms with Gasteiger partial charge in [-0.05, 0) is 102 Å². The second-order valence-electron chi connectivity index (χ2n) is 10.0. The lowest BCUT2D eigenvalue weighted by atomic mass is 9.94. The summed E-state index contributed by atoms with van der Waals surface area (Å²) < 4.78 is 14.8. The third-order valence-electron chi connectivity index (χ3n) is 7.15. The number of benzene rings is 3. The van der Waals surface area contributed by atoms with Crippen molar-refractivity contribution in [2.75, 3.05) is 23.0 Å². The van der Waals surface area contributed by atoms with Gasteiger partial charge >= 0.3 is 0 Å². The number of hydrogen-bond acceptors (Lipinski definition) is 7. The van der Waals surface area contributed by atoms with E-state index in [-0.39, 0.29) is 5.91 Å². The first-order chi connectivity index (χ1) is 20.7. The van der Waals surface area contributed by atoms with E-state index in [1.54, 1.807) is 16.4 Å². The third kappa shape index (κ3) is 6.71. The molecule has 0 spiro atoms. The summed E-state index contributed by atoms with van der Waals surface area (Å²) in [4.78, 5) is 18.8. The molecule has 4 aromatic rings. The molecule has 0 radical (unpaired) electrons. The smallest absolute Gasteiger partial charge is 0.255 e. The van der Waals surface area contributed by atoms with Gasteiger partial charge in [-0.2, -0.15) is 4.98 Å². The maximum atomic E-state index is 14.1. The van der Waals surface area contributed by atoms with E-state index in [1.165, 1.54) is 0 Å². The lowest BCUT2D eigenvalue weighted by Gasteiger charge is -2.29. The molecule has 0 aliphatic carbocycles. The lowest BCUT2D eigenvalue weighted by Crippen LogP contribution is -2.31. The highest BCUT2D eigenvalue weighted by molar-refractivity contribution is 9.10. The molecule has 2 heterocycles. The summed E-state index contributed by atoms with van der Waals surface area (Å²) in [7, 11) is 0. The van der Waals surface area contributed by atoms with Gasteiger partial charge in [0.05, 0.1) is 16.7 Å². The third-order valence-corrected chi connectivity index (χ3v) is 8.71. The number of amides is 1. The minimum Gasteiger partial charge on any atom is -0.490 e. The molecule has 11 heteroatoms. The normalized spacial score (nSPS) is 14.3. The zero-order chi connectivity index (χ0) is 30.7. The fourth-order valence-corrected chi connectivity index (χ4v) is 6.14. The van der Waals surface area contributed by atoms with Crippen LogP contribution in [-0.4, -0.2) is 33.0 Å². The molecule has 2 N–H and O–H groups in total. The number of ether oxygens (including phenoxy) is 2. The number of fused-ring (bicyclic) bond motifs is 1. The van der Waals surface area contributed by atoms with Gasteiger partial charge in [0.2, 0.25) is 11.1 Å². The summed E-state index contributed by atoms with van der Waals surface area (Å²) >= 11 is 11.3. The largest absolute Gasteiger partial charge is 0.490 e. The predicted octanol–water partition coefficient (Wildman–Crippen LogP) is 8.33. The van der Waals surface area contributed by atoms with Gasteiger partial charge in [0, 0.05) is 16.4 Å². The van der Waals surface area contributed by atoms with Crippen LogP contribution >= 0.6 is 39.3 Å². The number of anilines is 2. The highest BCUT2D eigenvalue weighted by Crippen LogP contribution is 2.44. The van der Waals surface area contributed by atoms with Crippen LogP contribution in [0.15, 0.2) is 75.5 Å². The van der Waals surface area contributed by atoms with E-state index in [1.807, 2.05) is 82.3 Å². The molecule has 1 aliphatic rings. The zero-order valence-electron chi connectivity index (χ0n) is 24.6. The highest BCUT2D eigenvalue weighted by atomic mass is 79.9. The topological polar surface area (TPSA) is 90.3 Å². The van der Waals surface area contributed by atoms with Crippen molar-refractivity contribution >= 4 is 56.8 Å². The van der Waals surface area contributed by atoms with E-state index in [2.05, 4.69) is 33.5 Å². The molecule has 1 aromatic heterocycles. The summed E-state index contributed by atoms with van der Waals surface area (Å²) in [5.41, 5.74) is 5.85. The standard InChI is InChI=1S/C32H33BrClN5O3S/c1-6-41-26-16-22(15-24(33)29(26)42-17-21-11-13-23(34)14-12-21)28-27(30(40)36-25-10-8-9-18(3)19(25)4)20(5)35-31-37-32(43-7-2)38-39(28)31/h8-16,28H,6-7,17H2,1-5H3,(H,36,40)(H,35,37,38). The van der Waals surface area contributed by atoms with Crippen molar-refractivity contribution in [1.29, 1.82) is 0 Å². The first-order valence-corrected chi connectivity index (χ1v) is 16.1. The van der Waals surface area contributed by atoms with Crippen LogP contribution in [0, 0.1) is 13.8 Å². The van der Waals surface area contributed by atoms with Gasteiger partial charge in [0.25, 0.3) is 5.91 Å². The Labute approximate surface area is 269 Å². The second-order valence-corrected chi connectivity index (χ2v) is 12.6. The molecule has 43 heavy (non-hydrogen) atoms. The van der Waals surface area contributed by atoms with Crippen molar-refractivity contribution in [3.05, 3.63) is 97.6 Å². The fourth-order valence-electron chi connectivity index (χ4n) is 4.89. The number of allylic oxidation sites excluding steroid dienone is 1. The molecule has 3 aromatic carbocycles. The number of carbonyl (C=O) groups is 1. The number of aryl methyl sites for hydroxylation is 1. The van der Waals surface area contributed by atoms with E-state index in [0.717, 1.165) is 33.7 Å². The maximum Gasteiger partial charge on any atom is 0.255 e. The first-order valence-electron chi connectivity index (χ1n) is 14.0. The maximum absolute atomic E-state index is 14.1. The average molecular weight is 683 g/mol. The summed E-state index contributed by atoms with van der Waals surface area (Å²) in [5.74, 6) is 2.28. The minimum atomic E-state index is -0.583. The van der Waals surface area contributed by atoms with Gasteiger partial charge < -0.3 is 20.1 Å². The second kappa shape index (κ2) is 13.4. The number of aromatic nitrogens is 3. The Hall–Kier alpha value is -3.47.